The lowest BCUT2D eigenvalue weighted by molar-refractivity contribution is -0.117. The van der Waals surface area contributed by atoms with Gasteiger partial charge in [0.2, 0.25) is 5.91 Å². The van der Waals surface area contributed by atoms with Gasteiger partial charge in [0.05, 0.1) is 12.7 Å². The van der Waals surface area contributed by atoms with Gasteiger partial charge in [-0.25, -0.2) is 0 Å². The van der Waals surface area contributed by atoms with Gasteiger partial charge in [0.1, 0.15) is 0 Å². The molecule has 0 spiro atoms. The first-order valence-electron chi connectivity index (χ1n) is 4.78. The lowest BCUT2D eigenvalue weighted by atomic mass is 10.0. The van der Waals surface area contributed by atoms with Gasteiger partial charge in [-0.1, -0.05) is 6.58 Å². The Morgan fingerprint density at radius 1 is 1.86 bits per heavy atom. The molecule has 0 aromatic heterocycles. The summed E-state index contributed by atoms with van der Waals surface area (Å²) >= 11 is 0. The zero-order chi connectivity index (χ0) is 10.4. The predicted molar refractivity (Wildman–Crippen MR) is 52.9 cm³/mol. The van der Waals surface area contributed by atoms with Crippen molar-refractivity contribution < 1.29 is 14.3 Å². The smallest absolute Gasteiger partial charge is 0.243 e. The van der Waals surface area contributed by atoms with E-state index in [2.05, 4.69) is 11.9 Å². The second-order valence-corrected chi connectivity index (χ2v) is 3.35. The Bertz CT molecular complexity index is 200. The van der Waals surface area contributed by atoms with E-state index < -0.39 is 0 Å². The summed E-state index contributed by atoms with van der Waals surface area (Å²) in [5.41, 5.74) is 0. The van der Waals surface area contributed by atoms with Crippen molar-refractivity contribution in [3.8, 4) is 0 Å². The molecule has 2 unspecified atom stereocenters. The molecule has 1 fully saturated rings. The summed E-state index contributed by atoms with van der Waals surface area (Å²) in [4.78, 5) is 10.9. The van der Waals surface area contributed by atoms with Crippen LogP contribution in [0.15, 0.2) is 12.7 Å². The van der Waals surface area contributed by atoms with E-state index in [4.69, 9.17) is 9.47 Å². The largest absolute Gasteiger partial charge is 0.381 e. The standard InChI is InChI=1S/C10H17NO3/c1-3-10(12)11-6-9(13-2)8-4-5-14-7-8/h3,8-9H,1,4-7H2,2H3,(H,11,12). The van der Waals surface area contributed by atoms with Gasteiger partial charge in [-0.05, 0) is 12.5 Å². The van der Waals surface area contributed by atoms with Crippen LogP contribution < -0.4 is 5.32 Å². The summed E-state index contributed by atoms with van der Waals surface area (Å²) in [6.07, 6.45) is 2.31. The molecule has 4 nitrogen and oxygen atoms in total. The minimum Gasteiger partial charge on any atom is -0.381 e. The number of carbonyl (C=O) groups is 1. The Morgan fingerprint density at radius 2 is 2.64 bits per heavy atom. The maximum absolute atomic E-state index is 10.9. The van der Waals surface area contributed by atoms with Crippen molar-refractivity contribution in [1.29, 1.82) is 0 Å². The zero-order valence-electron chi connectivity index (χ0n) is 8.49. The van der Waals surface area contributed by atoms with Crippen LogP contribution in [-0.2, 0) is 14.3 Å². The maximum atomic E-state index is 10.9. The highest BCUT2D eigenvalue weighted by molar-refractivity contribution is 5.86. The molecule has 14 heavy (non-hydrogen) atoms. The summed E-state index contributed by atoms with van der Waals surface area (Å²) in [6.45, 7) is 5.42. The predicted octanol–water partition coefficient (Wildman–Crippen LogP) is 0.340. The van der Waals surface area contributed by atoms with E-state index in [0.717, 1.165) is 19.6 Å². The Kier molecular flexibility index (Phi) is 4.62. The van der Waals surface area contributed by atoms with Gasteiger partial charge in [-0.3, -0.25) is 4.79 Å². The van der Waals surface area contributed by atoms with Crippen LogP contribution in [-0.4, -0.2) is 38.9 Å². The van der Waals surface area contributed by atoms with E-state index in [9.17, 15) is 4.79 Å². The first-order valence-corrected chi connectivity index (χ1v) is 4.78. The zero-order valence-corrected chi connectivity index (χ0v) is 8.49. The Labute approximate surface area is 84.3 Å². The fraction of sp³-hybridized carbons (Fsp3) is 0.700. The quantitative estimate of drug-likeness (QED) is 0.649. The molecule has 0 bridgehead atoms. The van der Waals surface area contributed by atoms with Gasteiger partial charge in [0, 0.05) is 26.2 Å². The summed E-state index contributed by atoms with van der Waals surface area (Å²) in [5.74, 6) is 0.232. The van der Waals surface area contributed by atoms with Crippen LogP contribution in [0.25, 0.3) is 0 Å². The number of hydrogen-bond donors (Lipinski definition) is 1. The van der Waals surface area contributed by atoms with Crippen LogP contribution in [0.5, 0.6) is 0 Å². The maximum Gasteiger partial charge on any atom is 0.243 e. The number of hydrogen-bond acceptors (Lipinski definition) is 3. The average molecular weight is 199 g/mol. The van der Waals surface area contributed by atoms with Crippen LogP contribution >= 0.6 is 0 Å². The Balaban J connectivity index is 2.30. The fourth-order valence-corrected chi connectivity index (χ4v) is 1.56. The van der Waals surface area contributed by atoms with E-state index in [1.54, 1.807) is 7.11 Å². The highest BCUT2D eigenvalue weighted by Crippen LogP contribution is 2.18. The second kappa shape index (κ2) is 5.78. The molecule has 0 radical (unpaired) electrons. The van der Waals surface area contributed by atoms with Crippen molar-refractivity contribution in [2.75, 3.05) is 26.9 Å². The molecule has 1 heterocycles. The van der Waals surface area contributed by atoms with E-state index in [-0.39, 0.29) is 12.0 Å². The molecule has 1 amide bonds. The fourth-order valence-electron chi connectivity index (χ4n) is 1.56. The minimum atomic E-state index is -0.161. The van der Waals surface area contributed by atoms with E-state index in [0.29, 0.717) is 12.5 Å². The molecule has 0 aliphatic carbocycles. The average Bonchev–Trinajstić information content (AvgIpc) is 2.72. The summed E-state index contributed by atoms with van der Waals surface area (Å²) in [6, 6.07) is 0. The number of methoxy groups -OCH3 is 1. The third kappa shape index (κ3) is 3.12. The van der Waals surface area contributed by atoms with Gasteiger partial charge in [-0.15, -0.1) is 0 Å². The molecule has 80 valence electrons. The molecule has 2 atom stereocenters. The number of carbonyl (C=O) groups excluding carboxylic acids is 1. The molecule has 1 aliphatic heterocycles. The van der Waals surface area contributed by atoms with Crippen LogP contribution in [0.3, 0.4) is 0 Å². The van der Waals surface area contributed by atoms with Gasteiger partial charge in [0.15, 0.2) is 0 Å². The van der Waals surface area contributed by atoms with Crippen LogP contribution in [0.4, 0.5) is 0 Å². The highest BCUT2D eigenvalue weighted by Gasteiger charge is 2.25. The normalized spacial score (nSPS) is 23.1. The number of ether oxygens (including phenoxy) is 2. The van der Waals surface area contributed by atoms with E-state index in [1.165, 1.54) is 6.08 Å². The van der Waals surface area contributed by atoms with Crippen molar-refractivity contribution in [1.82, 2.24) is 5.32 Å². The number of rotatable bonds is 5. The van der Waals surface area contributed by atoms with Gasteiger partial charge in [-0.2, -0.15) is 0 Å². The van der Waals surface area contributed by atoms with Gasteiger partial charge >= 0.3 is 0 Å². The third-order valence-electron chi connectivity index (χ3n) is 2.46. The Morgan fingerprint density at radius 3 is 3.14 bits per heavy atom. The number of nitrogens with one attached hydrogen (secondary N) is 1. The molecule has 4 heteroatoms. The molecule has 0 saturated carbocycles. The van der Waals surface area contributed by atoms with Gasteiger partial charge < -0.3 is 14.8 Å². The van der Waals surface area contributed by atoms with Crippen molar-refractivity contribution in [2.45, 2.75) is 12.5 Å². The first-order chi connectivity index (χ1) is 6.77. The molecular formula is C10H17NO3. The van der Waals surface area contributed by atoms with Crippen molar-refractivity contribution >= 4 is 5.91 Å². The highest BCUT2D eigenvalue weighted by atomic mass is 16.5. The third-order valence-corrected chi connectivity index (χ3v) is 2.46. The minimum absolute atomic E-state index is 0.0430. The van der Waals surface area contributed by atoms with Gasteiger partial charge in [0.25, 0.3) is 0 Å². The van der Waals surface area contributed by atoms with Crippen LogP contribution in [0, 0.1) is 5.92 Å². The summed E-state index contributed by atoms with van der Waals surface area (Å²) in [7, 11) is 1.66. The lowest BCUT2D eigenvalue weighted by Crippen LogP contribution is -2.37. The van der Waals surface area contributed by atoms with E-state index >= 15 is 0 Å². The molecule has 0 aromatic carbocycles. The van der Waals surface area contributed by atoms with Crippen molar-refractivity contribution in [3.63, 3.8) is 0 Å². The monoisotopic (exact) mass is 199 g/mol. The van der Waals surface area contributed by atoms with E-state index in [1.807, 2.05) is 0 Å². The summed E-state index contributed by atoms with van der Waals surface area (Å²) < 4.78 is 10.6. The van der Waals surface area contributed by atoms with Crippen LogP contribution in [0.1, 0.15) is 6.42 Å². The second-order valence-electron chi connectivity index (χ2n) is 3.35. The van der Waals surface area contributed by atoms with Crippen LogP contribution in [0.2, 0.25) is 0 Å². The molecular weight excluding hydrogens is 182 g/mol. The topological polar surface area (TPSA) is 47.6 Å². The van der Waals surface area contributed by atoms with Crippen molar-refractivity contribution in [2.24, 2.45) is 5.92 Å². The molecule has 1 aliphatic rings. The molecule has 1 rings (SSSR count). The Hall–Kier alpha value is -0.870. The van der Waals surface area contributed by atoms with Crippen molar-refractivity contribution in [3.05, 3.63) is 12.7 Å². The first kappa shape index (κ1) is 11.2. The lowest BCUT2D eigenvalue weighted by Gasteiger charge is -2.20. The summed E-state index contributed by atoms with van der Waals surface area (Å²) in [5, 5.41) is 2.72. The SMILES string of the molecule is C=CC(=O)NCC(OC)C1CCOC1. The molecule has 1 saturated heterocycles. The molecule has 1 N–H and O–H groups in total. The number of amides is 1. The molecule has 0 aromatic rings.